The number of hydrogen-bond acceptors (Lipinski definition) is 6. The second kappa shape index (κ2) is 10.9. The summed E-state index contributed by atoms with van der Waals surface area (Å²) >= 11 is 0. The van der Waals surface area contributed by atoms with Crippen molar-refractivity contribution in [2.75, 3.05) is 32.5 Å². The fourth-order valence-electron chi connectivity index (χ4n) is 4.67. The van der Waals surface area contributed by atoms with Crippen molar-refractivity contribution in [3.63, 3.8) is 0 Å². The number of benzene rings is 1. The molecule has 3 aromatic heterocycles. The molecule has 1 aliphatic heterocycles. The van der Waals surface area contributed by atoms with Crippen molar-refractivity contribution in [1.82, 2.24) is 29.4 Å². The zero-order valence-corrected chi connectivity index (χ0v) is 21.5. The first-order valence-electron chi connectivity index (χ1n) is 12.5. The Kier molecular flexibility index (Phi) is 7.26. The third-order valence-electron chi connectivity index (χ3n) is 6.89. The molecule has 0 bridgehead atoms. The van der Waals surface area contributed by atoms with Crippen LogP contribution < -0.4 is 5.32 Å². The first kappa shape index (κ1) is 24.6. The highest BCUT2D eigenvalue weighted by Gasteiger charge is 2.21. The first-order chi connectivity index (χ1) is 18.0. The summed E-state index contributed by atoms with van der Waals surface area (Å²) in [5, 5.41) is 7.27. The standard InChI is InChI=1S/C29H31N7O/c1-21-15-25(8-7-23(21)20-35-13-10-26(11-14-35)34(2)3)33-29(37)24-16-22(17-30-18-24)6-9-27-19-31-28-5-4-12-32-36(27)28/h4-5,7-8,12,15-19,26H,10-11,13-14,20H2,1-3H3,(H,33,37). The molecule has 1 aliphatic rings. The molecule has 4 heterocycles. The van der Waals surface area contributed by atoms with E-state index in [0.29, 0.717) is 22.9 Å². The number of nitrogens with zero attached hydrogens (tertiary/aromatic N) is 6. The van der Waals surface area contributed by atoms with Crippen LogP contribution in [0.3, 0.4) is 0 Å². The molecule has 0 aliphatic carbocycles. The second-order valence-electron chi connectivity index (χ2n) is 9.72. The van der Waals surface area contributed by atoms with Gasteiger partial charge in [-0.15, -0.1) is 0 Å². The minimum absolute atomic E-state index is 0.217. The number of likely N-dealkylation sites (tertiary alicyclic amines) is 1. The number of aryl methyl sites for hydroxylation is 1. The Morgan fingerprint density at radius 2 is 1.95 bits per heavy atom. The predicted molar refractivity (Wildman–Crippen MR) is 144 cm³/mol. The van der Waals surface area contributed by atoms with Crippen molar-refractivity contribution in [3.05, 3.63) is 89.1 Å². The van der Waals surface area contributed by atoms with Gasteiger partial charge in [-0.1, -0.05) is 12.0 Å². The number of hydrogen-bond donors (Lipinski definition) is 1. The van der Waals surface area contributed by atoms with Crippen LogP contribution in [0.1, 0.15) is 45.6 Å². The maximum atomic E-state index is 12.9. The van der Waals surface area contributed by atoms with Gasteiger partial charge in [-0.3, -0.25) is 14.7 Å². The molecule has 0 spiro atoms. The minimum atomic E-state index is -0.217. The van der Waals surface area contributed by atoms with Gasteiger partial charge in [0, 0.05) is 42.4 Å². The Labute approximate surface area is 217 Å². The number of nitrogens with one attached hydrogen (secondary N) is 1. The SMILES string of the molecule is Cc1cc(NC(=O)c2cncc(C#Cc3cnc4cccnn34)c2)ccc1CN1CCC(N(C)C)CC1. The van der Waals surface area contributed by atoms with Crippen molar-refractivity contribution in [3.8, 4) is 11.8 Å². The van der Waals surface area contributed by atoms with Gasteiger partial charge in [0.15, 0.2) is 5.65 Å². The van der Waals surface area contributed by atoms with E-state index < -0.39 is 0 Å². The van der Waals surface area contributed by atoms with Crippen molar-refractivity contribution in [2.24, 2.45) is 0 Å². The number of amides is 1. The average Bonchev–Trinajstić information content (AvgIpc) is 3.32. The molecule has 1 fully saturated rings. The van der Waals surface area contributed by atoms with E-state index in [-0.39, 0.29) is 5.91 Å². The fraction of sp³-hybridized carbons (Fsp3) is 0.310. The number of imidazole rings is 1. The largest absolute Gasteiger partial charge is 0.322 e. The van der Waals surface area contributed by atoms with Crippen LogP contribution in [0.4, 0.5) is 5.69 Å². The van der Waals surface area contributed by atoms with Gasteiger partial charge in [0.2, 0.25) is 0 Å². The molecule has 1 amide bonds. The Hall–Kier alpha value is -4.06. The topological polar surface area (TPSA) is 78.7 Å². The van der Waals surface area contributed by atoms with E-state index in [1.807, 2.05) is 24.3 Å². The summed E-state index contributed by atoms with van der Waals surface area (Å²) in [7, 11) is 4.33. The highest BCUT2D eigenvalue weighted by Crippen LogP contribution is 2.21. The van der Waals surface area contributed by atoms with E-state index in [4.69, 9.17) is 0 Å². The molecule has 0 radical (unpaired) electrons. The molecule has 37 heavy (non-hydrogen) atoms. The van der Waals surface area contributed by atoms with E-state index in [1.54, 1.807) is 35.4 Å². The van der Waals surface area contributed by atoms with E-state index in [9.17, 15) is 4.79 Å². The Morgan fingerprint density at radius 3 is 2.73 bits per heavy atom. The van der Waals surface area contributed by atoms with Crippen LogP contribution in [0.2, 0.25) is 0 Å². The van der Waals surface area contributed by atoms with Crippen LogP contribution in [-0.2, 0) is 6.54 Å². The lowest BCUT2D eigenvalue weighted by molar-refractivity contribution is 0.102. The molecule has 1 saturated heterocycles. The third-order valence-corrected chi connectivity index (χ3v) is 6.89. The molecule has 8 nitrogen and oxygen atoms in total. The monoisotopic (exact) mass is 493 g/mol. The third kappa shape index (κ3) is 5.85. The van der Waals surface area contributed by atoms with Gasteiger partial charge in [-0.2, -0.15) is 5.10 Å². The van der Waals surface area contributed by atoms with E-state index in [1.165, 1.54) is 24.0 Å². The van der Waals surface area contributed by atoms with Crippen LogP contribution in [0.15, 0.2) is 61.2 Å². The van der Waals surface area contributed by atoms with Crippen LogP contribution in [-0.4, -0.2) is 68.5 Å². The van der Waals surface area contributed by atoms with Gasteiger partial charge in [0.05, 0.1) is 11.8 Å². The highest BCUT2D eigenvalue weighted by molar-refractivity contribution is 6.04. The zero-order valence-electron chi connectivity index (χ0n) is 21.5. The smallest absolute Gasteiger partial charge is 0.257 e. The summed E-state index contributed by atoms with van der Waals surface area (Å²) in [5.74, 6) is 5.91. The minimum Gasteiger partial charge on any atom is -0.322 e. The van der Waals surface area contributed by atoms with Crippen LogP contribution in [0.5, 0.6) is 0 Å². The van der Waals surface area contributed by atoms with E-state index in [0.717, 1.165) is 31.0 Å². The van der Waals surface area contributed by atoms with Gasteiger partial charge in [0.25, 0.3) is 5.91 Å². The van der Waals surface area contributed by atoms with Crippen molar-refractivity contribution in [2.45, 2.75) is 32.4 Å². The summed E-state index contributed by atoms with van der Waals surface area (Å²) in [6.45, 7) is 5.26. The van der Waals surface area contributed by atoms with Gasteiger partial charge in [-0.25, -0.2) is 9.50 Å². The van der Waals surface area contributed by atoms with Gasteiger partial charge in [-0.05, 0) is 94.3 Å². The Bertz CT molecular complexity index is 1470. The number of rotatable bonds is 5. The number of aromatic nitrogens is 4. The molecule has 4 aromatic rings. The second-order valence-corrected chi connectivity index (χ2v) is 9.72. The van der Waals surface area contributed by atoms with Gasteiger partial charge in [0.1, 0.15) is 5.69 Å². The van der Waals surface area contributed by atoms with Crippen LogP contribution in [0.25, 0.3) is 5.65 Å². The predicted octanol–water partition coefficient (Wildman–Crippen LogP) is 3.61. The lowest BCUT2D eigenvalue weighted by Gasteiger charge is -2.35. The summed E-state index contributed by atoms with van der Waals surface area (Å²) in [5.41, 5.74) is 5.73. The maximum absolute atomic E-state index is 12.9. The molecule has 1 aromatic carbocycles. The van der Waals surface area contributed by atoms with Gasteiger partial charge >= 0.3 is 0 Å². The lowest BCUT2D eigenvalue weighted by atomic mass is 10.0. The quantitative estimate of drug-likeness (QED) is 0.428. The van der Waals surface area contributed by atoms with Crippen LogP contribution in [0, 0.1) is 18.8 Å². The molecule has 0 saturated carbocycles. The molecular formula is C29H31N7O. The molecule has 8 heteroatoms. The number of piperidine rings is 1. The Morgan fingerprint density at radius 1 is 1.11 bits per heavy atom. The van der Waals surface area contributed by atoms with Crippen molar-refractivity contribution >= 4 is 17.2 Å². The maximum Gasteiger partial charge on any atom is 0.257 e. The summed E-state index contributed by atoms with van der Waals surface area (Å²) in [6, 6.07) is 12.2. The molecule has 0 atom stereocenters. The van der Waals surface area contributed by atoms with Crippen molar-refractivity contribution < 1.29 is 4.79 Å². The normalized spacial score (nSPS) is 14.5. The first-order valence-corrected chi connectivity index (χ1v) is 12.5. The van der Waals surface area contributed by atoms with Gasteiger partial charge < -0.3 is 10.2 Å². The average molecular weight is 494 g/mol. The summed E-state index contributed by atoms with van der Waals surface area (Å²) < 4.78 is 1.68. The summed E-state index contributed by atoms with van der Waals surface area (Å²) in [4.78, 5) is 26.3. The number of pyridine rings is 1. The highest BCUT2D eigenvalue weighted by atomic mass is 16.1. The van der Waals surface area contributed by atoms with E-state index >= 15 is 0 Å². The van der Waals surface area contributed by atoms with Crippen molar-refractivity contribution in [1.29, 1.82) is 0 Å². The number of anilines is 1. The van der Waals surface area contributed by atoms with E-state index in [2.05, 4.69) is 69.1 Å². The number of carbonyl (C=O) groups is 1. The number of carbonyl (C=O) groups excluding carboxylic acids is 1. The Balaban J connectivity index is 1.23. The molecule has 1 N–H and O–H groups in total. The molecule has 5 rings (SSSR count). The number of fused-ring (bicyclic) bond motifs is 1. The zero-order chi connectivity index (χ0) is 25.8. The fourth-order valence-corrected chi connectivity index (χ4v) is 4.67. The molecule has 0 unspecified atom stereocenters. The molecular weight excluding hydrogens is 462 g/mol. The lowest BCUT2D eigenvalue weighted by Crippen LogP contribution is -2.41. The molecule has 188 valence electrons. The van der Waals surface area contributed by atoms with Crippen LogP contribution >= 0.6 is 0 Å². The summed E-state index contributed by atoms with van der Waals surface area (Å²) in [6.07, 6.45) is 8.96.